The number of ether oxygens (including phenoxy) is 1. The highest BCUT2D eigenvalue weighted by Crippen LogP contribution is 2.25. The monoisotopic (exact) mass is 305 g/mol. The summed E-state index contributed by atoms with van der Waals surface area (Å²) in [6, 6.07) is 5.01. The Labute approximate surface area is 128 Å². The number of aryl methyl sites for hydroxylation is 1. The molecule has 6 heteroatoms. The molecule has 1 N–H and O–H groups in total. The van der Waals surface area contributed by atoms with Crippen molar-refractivity contribution in [2.45, 2.75) is 26.9 Å². The normalized spacial score (nSPS) is 16.5. The summed E-state index contributed by atoms with van der Waals surface area (Å²) in [5.74, 6) is -2.47. The van der Waals surface area contributed by atoms with Gasteiger partial charge in [-0.05, 0) is 32.9 Å². The summed E-state index contributed by atoms with van der Waals surface area (Å²) >= 11 is 0. The quantitative estimate of drug-likeness (QED) is 0.651. The number of carbonyl (C=O) groups is 3. The lowest BCUT2D eigenvalue weighted by Crippen LogP contribution is -2.42. The molecule has 0 saturated carbocycles. The topological polar surface area (TPSA) is 83.9 Å². The zero-order chi connectivity index (χ0) is 16.4. The van der Waals surface area contributed by atoms with E-state index in [4.69, 9.17) is 4.74 Å². The number of nitrogens with zero attached hydrogens (tertiary/aromatic N) is 1. The highest BCUT2D eigenvalue weighted by atomic mass is 16.5. The number of hydrogen-bond donors (Lipinski definition) is 1. The molecule has 1 heterocycles. The average molecular weight is 305 g/mol. The van der Waals surface area contributed by atoms with Gasteiger partial charge in [-0.1, -0.05) is 11.6 Å². The Morgan fingerprint density at radius 1 is 1.27 bits per heavy atom. The van der Waals surface area contributed by atoms with E-state index in [-0.39, 0.29) is 13.2 Å². The molecule has 0 bridgehead atoms. The highest BCUT2D eigenvalue weighted by molar-refractivity contribution is 6.21. The fourth-order valence-corrected chi connectivity index (χ4v) is 2.44. The van der Waals surface area contributed by atoms with Gasteiger partial charge in [-0.3, -0.25) is 19.3 Å². The molecular weight excluding hydrogens is 286 g/mol. The number of fused-ring (bicyclic) bond motifs is 1. The molecule has 2 atom stereocenters. The molecule has 6 nitrogen and oxygen atoms in total. The van der Waals surface area contributed by atoms with Crippen LogP contribution in [0.1, 0.15) is 40.1 Å². The van der Waals surface area contributed by atoms with Crippen molar-refractivity contribution in [3.63, 3.8) is 0 Å². The molecule has 1 aromatic carbocycles. The molecule has 1 aromatic rings. The maximum Gasteiger partial charge on any atom is 0.313 e. The number of carbonyl (C=O) groups excluding carboxylic acids is 3. The summed E-state index contributed by atoms with van der Waals surface area (Å²) in [6.07, 6.45) is -1.02. The van der Waals surface area contributed by atoms with Gasteiger partial charge >= 0.3 is 5.97 Å². The first kappa shape index (κ1) is 16.2. The molecular formula is C16H19NO5. The third-order valence-corrected chi connectivity index (χ3v) is 3.68. The van der Waals surface area contributed by atoms with E-state index in [1.165, 1.54) is 6.92 Å². The number of hydrogen-bond acceptors (Lipinski definition) is 5. The van der Waals surface area contributed by atoms with Crippen molar-refractivity contribution in [2.24, 2.45) is 5.92 Å². The van der Waals surface area contributed by atoms with Crippen molar-refractivity contribution in [1.82, 2.24) is 4.90 Å². The number of benzene rings is 1. The molecule has 0 aromatic heterocycles. The lowest BCUT2D eigenvalue weighted by Gasteiger charge is -2.23. The van der Waals surface area contributed by atoms with E-state index in [2.05, 4.69) is 0 Å². The third kappa shape index (κ3) is 2.87. The number of aliphatic hydroxyl groups is 1. The first-order valence-corrected chi connectivity index (χ1v) is 7.18. The van der Waals surface area contributed by atoms with Gasteiger partial charge < -0.3 is 9.84 Å². The number of imide groups is 1. The van der Waals surface area contributed by atoms with Gasteiger partial charge in [0, 0.05) is 6.54 Å². The Morgan fingerprint density at radius 2 is 1.91 bits per heavy atom. The van der Waals surface area contributed by atoms with E-state index in [1.54, 1.807) is 25.1 Å². The number of aliphatic hydroxyl groups excluding tert-OH is 1. The first-order chi connectivity index (χ1) is 10.4. The molecule has 0 aliphatic carbocycles. The van der Waals surface area contributed by atoms with Gasteiger partial charge in [-0.15, -0.1) is 0 Å². The Kier molecular flexibility index (Phi) is 4.61. The number of rotatable bonds is 5. The van der Waals surface area contributed by atoms with Crippen LogP contribution in [-0.2, 0) is 9.53 Å². The fourth-order valence-electron chi connectivity index (χ4n) is 2.44. The molecule has 0 saturated heterocycles. The van der Waals surface area contributed by atoms with Crippen molar-refractivity contribution in [3.8, 4) is 0 Å². The van der Waals surface area contributed by atoms with E-state index in [1.807, 2.05) is 6.92 Å². The van der Waals surface area contributed by atoms with Crippen LogP contribution in [-0.4, -0.2) is 47.0 Å². The number of esters is 1. The smallest absolute Gasteiger partial charge is 0.313 e. The summed E-state index contributed by atoms with van der Waals surface area (Å²) in [5, 5.41) is 9.75. The van der Waals surface area contributed by atoms with Gasteiger partial charge in [0.1, 0.15) is 5.92 Å². The molecule has 1 aliphatic rings. The second-order valence-corrected chi connectivity index (χ2v) is 5.37. The number of amides is 2. The van der Waals surface area contributed by atoms with Crippen molar-refractivity contribution in [2.75, 3.05) is 13.2 Å². The van der Waals surface area contributed by atoms with Gasteiger partial charge in [-0.25, -0.2) is 0 Å². The van der Waals surface area contributed by atoms with Crippen LogP contribution >= 0.6 is 0 Å². The van der Waals surface area contributed by atoms with E-state index >= 15 is 0 Å². The van der Waals surface area contributed by atoms with E-state index in [0.717, 1.165) is 10.5 Å². The minimum atomic E-state index is -1.02. The molecule has 22 heavy (non-hydrogen) atoms. The molecule has 2 amide bonds. The Hall–Kier alpha value is -2.21. The van der Waals surface area contributed by atoms with Crippen LogP contribution in [0.4, 0.5) is 0 Å². The summed E-state index contributed by atoms with van der Waals surface area (Å²) in [6.45, 7) is 4.90. The summed E-state index contributed by atoms with van der Waals surface area (Å²) < 4.78 is 4.89. The zero-order valence-electron chi connectivity index (χ0n) is 12.8. The van der Waals surface area contributed by atoms with Crippen LogP contribution in [0.2, 0.25) is 0 Å². The summed E-state index contributed by atoms with van der Waals surface area (Å²) in [4.78, 5) is 37.6. The average Bonchev–Trinajstić information content (AvgIpc) is 2.68. The second-order valence-electron chi connectivity index (χ2n) is 5.37. The van der Waals surface area contributed by atoms with Crippen LogP contribution in [0.15, 0.2) is 18.2 Å². The van der Waals surface area contributed by atoms with E-state index in [9.17, 15) is 19.5 Å². The van der Waals surface area contributed by atoms with Gasteiger partial charge in [0.15, 0.2) is 0 Å². The van der Waals surface area contributed by atoms with Crippen molar-refractivity contribution in [3.05, 3.63) is 34.9 Å². The maximum atomic E-state index is 12.4. The minimum absolute atomic E-state index is 0.170. The van der Waals surface area contributed by atoms with Crippen LogP contribution in [0.5, 0.6) is 0 Å². The van der Waals surface area contributed by atoms with Gasteiger partial charge in [-0.2, -0.15) is 0 Å². The van der Waals surface area contributed by atoms with Gasteiger partial charge in [0.05, 0.1) is 23.8 Å². The molecule has 0 radical (unpaired) electrons. The van der Waals surface area contributed by atoms with Gasteiger partial charge in [0.25, 0.3) is 11.8 Å². The predicted octanol–water partition coefficient (Wildman–Crippen LogP) is 1.15. The Morgan fingerprint density at radius 3 is 2.50 bits per heavy atom. The Balaban J connectivity index is 2.25. The molecule has 0 spiro atoms. The third-order valence-electron chi connectivity index (χ3n) is 3.68. The van der Waals surface area contributed by atoms with E-state index in [0.29, 0.717) is 11.1 Å². The largest absolute Gasteiger partial charge is 0.466 e. The standard InChI is InChI=1S/C16H19NO5/c1-4-22-16(21)13(10(3)18)8-17-14(19)11-6-5-9(2)7-12(11)15(17)20/h5-7,10,13,18H,4,8H2,1-3H3. The maximum absolute atomic E-state index is 12.4. The molecule has 0 fully saturated rings. The fraction of sp³-hybridized carbons (Fsp3) is 0.438. The van der Waals surface area contributed by atoms with Crippen molar-refractivity contribution >= 4 is 17.8 Å². The summed E-state index contributed by atoms with van der Waals surface area (Å²) in [5.41, 5.74) is 1.53. The van der Waals surface area contributed by atoms with Crippen LogP contribution in [0, 0.1) is 12.8 Å². The predicted molar refractivity (Wildman–Crippen MR) is 78.3 cm³/mol. The minimum Gasteiger partial charge on any atom is -0.466 e. The van der Waals surface area contributed by atoms with Crippen molar-refractivity contribution < 1.29 is 24.2 Å². The molecule has 118 valence electrons. The van der Waals surface area contributed by atoms with Crippen molar-refractivity contribution in [1.29, 1.82) is 0 Å². The molecule has 2 rings (SSSR count). The van der Waals surface area contributed by atoms with Crippen LogP contribution in [0.3, 0.4) is 0 Å². The van der Waals surface area contributed by atoms with Gasteiger partial charge in [0.2, 0.25) is 0 Å². The Bertz CT molecular complexity index is 623. The summed E-state index contributed by atoms with van der Waals surface area (Å²) in [7, 11) is 0. The SMILES string of the molecule is CCOC(=O)C(CN1C(=O)c2ccc(C)cc2C1=O)C(C)O. The first-order valence-electron chi connectivity index (χ1n) is 7.18. The van der Waals surface area contributed by atoms with E-state index < -0.39 is 29.8 Å². The zero-order valence-corrected chi connectivity index (χ0v) is 12.8. The highest BCUT2D eigenvalue weighted by Gasteiger charge is 2.39. The lowest BCUT2D eigenvalue weighted by atomic mass is 10.0. The lowest BCUT2D eigenvalue weighted by molar-refractivity contribution is -0.151. The van der Waals surface area contributed by atoms with Crippen LogP contribution < -0.4 is 0 Å². The molecule has 2 unspecified atom stereocenters. The molecule has 1 aliphatic heterocycles. The second kappa shape index (κ2) is 6.27. The van der Waals surface area contributed by atoms with Crippen LogP contribution in [0.25, 0.3) is 0 Å².